The van der Waals surface area contributed by atoms with Gasteiger partial charge in [-0.25, -0.2) is 4.79 Å². The number of rotatable bonds is 13. The predicted molar refractivity (Wildman–Crippen MR) is 96.7 cm³/mol. The van der Waals surface area contributed by atoms with Gasteiger partial charge in [-0.05, 0) is 32.1 Å². The monoisotopic (exact) mass is 467 g/mol. The van der Waals surface area contributed by atoms with E-state index in [0.717, 1.165) is 0 Å². The molecule has 0 aliphatic rings. The van der Waals surface area contributed by atoms with Crippen LogP contribution in [0.4, 0.5) is 26.3 Å². The zero-order chi connectivity index (χ0) is 23.4. The van der Waals surface area contributed by atoms with E-state index in [1.807, 2.05) is 0 Å². The van der Waals surface area contributed by atoms with Crippen LogP contribution in [0, 0.1) is 0 Å². The van der Waals surface area contributed by atoms with Crippen LogP contribution in [0.15, 0.2) is 0 Å². The molecule has 182 valence electrons. The second-order valence-electron chi connectivity index (χ2n) is 6.27. The zero-order valence-corrected chi connectivity index (χ0v) is 15.8. The van der Waals surface area contributed by atoms with Gasteiger partial charge in [-0.1, -0.05) is 13.8 Å². The number of alkyl halides is 6. The molecule has 0 bridgehead atoms. The lowest BCUT2D eigenvalue weighted by atomic mass is 10.1. The molecule has 0 heterocycles. The van der Waals surface area contributed by atoms with Crippen molar-refractivity contribution in [2.24, 2.45) is 0 Å². The number of amides is 3. The fraction of sp³-hybridized carbons (Fsp3) is 0.765. The normalized spacial score (nSPS) is 12.3. The topological polar surface area (TPSA) is 125 Å². The molecule has 0 radical (unpaired) electrons. The van der Waals surface area contributed by atoms with Gasteiger partial charge in [0.25, 0.3) is 0 Å². The van der Waals surface area contributed by atoms with Crippen LogP contribution in [0.25, 0.3) is 0 Å². The molecule has 0 rings (SSSR count). The third-order valence-corrected chi connectivity index (χ3v) is 3.72. The summed E-state index contributed by atoms with van der Waals surface area (Å²) < 4.78 is 71.8. The largest absolute Gasteiger partial charge is 0.480 e. The molecule has 4 N–H and O–H groups in total. The van der Waals surface area contributed by atoms with Gasteiger partial charge in [0, 0.05) is 19.5 Å². The maximum absolute atomic E-state index is 12.0. The summed E-state index contributed by atoms with van der Waals surface area (Å²) in [4.78, 5) is 44.0. The predicted octanol–water partition coefficient (Wildman–Crippen LogP) is 2.28. The fourth-order valence-electron chi connectivity index (χ4n) is 2.19. The van der Waals surface area contributed by atoms with Gasteiger partial charge in [-0.2, -0.15) is 26.3 Å². The van der Waals surface area contributed by atoms with Crippen LogP contribution in [0.5, 0.6) is 0 Å². The molecule has 0 aliphatic heterocycles. The summed E-state index contributed by atoms with van der Waals surface area (Å²) in [6.45, 7) is -0.522. The van der Waals surface area contributed by atoms with Crippen molar-refractivity contribution in [2.75, 3.05) is 13.1 Å². The summed E-state index contributed by atoms with van der Waals surface area (Å²) in [6.07, 6.45) is -9.13. The molecular formula is C17H27F6N3O5. The summed E-state index contributed by atoms with van der Waals surface area (Å²) in [6, 6.07) is -1.26. The number of nitrogens with one attached hydrogen (secondary N) is 3. The molecule has 1 atom stereocenters. The maximum atomic E-state index is 12.0. The molecule has 0 aliphatic carbocycles. The fourth-order valence-corrected chi connectivity index (χ4v) is 2.19. The third kappa shape index (κ3) is 15.0. The van der Waals surface area contributed by atoms with Gasteiger partial charge < -0.3 is 21.1 Å². The van der Waals surface area contributed by atoms with Gasteiger partial charge >= 0.3 is 30.1 Å². The van der Waals surface area contributed by atoms with Crippen molar-refractivity contribution in [1.29, 1.82) is 0 Å². The van der Waals surface area contributed by atoms with E-state index in [2.05, 4.69) is 5.32 Å². The van der Waals surface area contributed by atoms with Crippen LogP contribution in [-0.2, 0) is 19.2 Å². The highest BCUT2D eigenvalue weighted by Gasteiger charge is 2.38. The number of halogens is 6. The maximum Gasteiger partial charge on any atom is 0.471 e. The first-order valence-electron chi connectivity index (χ1n) is 8.97. The Labute approximate surface area is 175 Å². The summed E-state index contributed by atoms with van der Waals surface area (Å²) in [5.41, 5.74) is 0. The van der Waals surface area contributed by atoms with E-state index >= 15 is 0 Å². The van der Waals surface area contributed by atoms with E-state index in [1.54, 1.807) is 10.6 Å². The van der Waals surface area contributed by atoms with E-state index < -0.39 is 42.1 Å². The van der Waals surface area contributed by atoms with Gasteiger partial charge in [0.05, 0.1) is 0 Å². The molecule has 14 heteroatoms. The summed E-state index contributed by atoms with van der Waals surface area (Å²) in [5.74, 6) is -6.09. The molecule has 0 saturated heterocycles. The molecule has 31 heavy (non-hydrogen) atoms. The number of carbonyl (C=O) groups excluding carboxylic acids is 3. The number of unbranched alkanes of at least 4 members (excludes halogenated alkanes) is 3. The van der Waals surface area contributed by atoms with Crippen LogP contribution in [-0.4, -0.2) is 60.3 Å². The Balaban J connectivity index is 0. The molecule has 8 nitrogen and oxygen atoms in total. The van der Waals surface area contributed by atoms with Crippen molar-refractivity contribution in [3.8, 4) is 0 Å². The minimum atomic E-state index is -5.00. The molecular weight excluding hydrogens is 440 g/mol. The van der Waals surface area contributed by atoms with Crippen molar-refractivity contribution in [1.82, 2.24) is 16.0 Å². The van der Waals surface area contributed by atoms with Crippen molar-refractivity contribution < 1.29 is 50.6 Å². The first-order valence-corrected chi connectivity index (χ1v) is 8.97. The van der Waals surface area contributed by atoms with Crippen molar-refractivity contribution in [3.63, 3.8) is 0 Å². The quantitative estimate of drug-likeness (QED) is 0.244. The summed E-state index contributed by atoms with van der Waals surface area (Å²) in [5, 5.41) is 14.6. The van der Waals surface area contributed by atoms with Crippen LogP contribution in [0.1, 0.15) is 52.4 Å². The zero-order valence-electron chi connectivity index (χ0n) is 15.8. The standard InChI is InChI=1S/C16H23F6N3O5.CH4/c17-15(18,19)13(29)23-8-4-1-2-7-11(26)25-10(12(27)28)6-3-5-9-24-14(30)16(20,21)22;/h10H,1-9H2,(H,23,29)(H,24,30)(H,25,26)(H,27,28);1H4. The third-order valence-electron chi connectivity index (χ3n) is 3.72. The average molecular weight is 467 g/mol. The van der Waals surface area contributed by atoms with Crippen LogP contribution >= 0.6 is 0 Å². The van der Waals surface area contributed by atoms with Gasteiger partial charge in [0.2, 0.25) is 5.91 Å². The highest BCUT2D eigenvalue weighted by molar-refractivity contribution is 5.83. The lowest BCUT2D eigenvalue weighted by molar-refractivity contribution is -0.173. The van der Waals surface area contributed by atoms with Gasteiger partial charge in [0.15, 0.2) is 0 Å². The Hall–Kier alpha value is -2.54. The number of carboxylic acid groups (broad SMARTS) is 1. The number of carbonyl (C=O) groups is 4. The Morgan fingerprint density at radius 1 is 0.742 bits per heavy atom. The lowest BCUT2D eigenvalue weighted by Gasteiger charge is -2.15. The minimum Gasteiger partial charge on any atom is -0.480 e. The second kappa shape index (κ2) is 14.5. The summed E-state index contributed by atoms with van der Waals surface area (Å²) in [7, 11) is 0. The van der Waals surface area contributed by atoms with E-state index in [9.17, 15) is 45.5 Å². The molecule has 0 saturated carbocycles. The number of hydrogen-bond donors (Lipinski definition) is 4. The Bertz CT molecular complexity index is 596. The Kier molecular flexibility index (Phi) is 14.3. The van der Waals surface area contributed by atoms with Gasteiger partial charge in [-0.3, -0.25) is 14.4 Å². The van der Waals surface area contributed by atoms with E-state index in [4.69, 9.17) is 5.11 Å². The molecule has 0 aromatic rings. The minimum absolute atomic E-state index is 0. The Morgan fingerprint density at radius 3 is 1.61 bits per heavy atom. The van der Waals surface area contributed by atoms with Crippen molar-refractivity contribution in [2.45, 2.75) is 70.8 Å². The average Bonchev–Trinajstić information content (AvgIpc) is 2.60. The van der Waals surface area contributed by atoms with Crippen LogP contribution in [0.2, 0.25) is 0 Å². The lowest BCUT2D eigenvalue weighted by Crippen LogP contribution is -2.41. The molecule has 0 aromatic carbocycles. The SMILES string of the molecule is C.O=C(CCCCCNC(=O)C(F)(F)F)NC(CCCCNC(=O)C(F)(F)F)C(=O)O. The molecule has 1 unspecified atom stereocenters. The van der Waals surface area contributed by atoms with E-state index in [-0.39, 0.29) is 59.0 Å². The van der Waals surface area contributed by atoms with E-state index in [0.29, 0.717) is 6.42 Å². The van der Waals surface area contributed by atoms with Crippen LogP contribution in [0.3, 0.4) is 0 Å². The molecule has 0 fully saturated rings. The van der Waals surface area contributed by atoms with Crippen LogP contribution < -0.4 is 16.0 Å². The highest BCUT2D eigenvalue weighted by Crippen LogP contribution is 2.15. The number of carboxylic acids is 1. The molecule has 3 amide bonds. The van der Waals surface area contributed by atoms with Gasteiger partial charge in [-0.15, -0.1) is 0 Å². The number of aliphatic carboxylic acids is 1. The highest BCUT2D eigenvalue weighted by atomic mass is 19.4. The summed E-state index contributed by atoms with van der Waals surface area (Å²) >= 11 is 0. The smallest absolute Gasteiger partial charge is 0.471 e. The van der Waals surface area contributed by atoms with E-state index in [1.165, 1.54) is 0 Å². The molecule has 0 spiro atoms. The first kappa shape index (κ1) is 30.7. The van der Waals surface area contributed by atoms with Gasteiger partial charge in [0.1, 0.15) is 6.04 Å². The van der Waals surface area contributed by atoms with Crippen molar-refractivity contribution >= 4 is 23.7 Å². The Morgan fingerprint density at radius 2 is 1.19 bits per heavy atom. The number of hydrogen-bond acceptors (Lipinski definition) is 4. The first-order chi connectivity index (χ1) is 13.7. The van der Waals surface area contributed by atoms with Crippen molar-refractivity contribution in [3.05, 3.63) is 0 Å². The second-order valence-corrected chi connectivity index (χ2v) is 6.27. The molecule has 0 aromatic heterocycles.